The summed E-state index contributed by atoms with van der Waals surface area (Å²) in [7, 11) is 3.88. The van der Waals surface area contributed by atoms with Gasteiger partial charge in [-0.3, -0.25) is 14.5 Å². The number of furan rings is 1. The Morgan fingerprint density at radius 1 is 1.03 bits per heavy atom. The van der Waals surface area contributed by atoms with E-state index in [0.717, 1.165) is 21.1 Å². The van der Waals surface area contributed by atoms with Gasteiger partial charge in [-0.25, -0.2) is 0 Å². The van der Waals surface area contributed by atoms with Gasteiger partial charge in [0.1, 0.15) is 5.58 Å². The summed E-state index contributed by atoms with van der Waals surface area (Å²) in [5.41, 5.74) is 3.70. The zero-order chi connectivity index (χ0) is 24.9. The molecular formula is C28H23BrN2O4. The lowest BCUT2D eigenvalue weighted by molar-refractivity contribution is -0.117. The molecule has 1 amide bonds. The molecule has 0 bridgehead atoms. The molecule has 0 saturated carbocycles. The maximum Gasteiger partial charge on any atom is 0.294 e. The Morgan fingerprint density at radius 3 is 2.43 bits per heavy atom. The van der Waals surface area contributed by atoms with Crippen LogP contribution in [0, 0.1) is 6.92 Å². The minimum absolute atomic E-state index is 0.00558. The molecule has 6 nitrogen and oxygen atoms in total. The van der Waals surface area contributed by atoms with E-state index in [0.29, 0.717) is 16.8 Å². The first kappa shape index (κ1) is 22.9. The number of nitrogens with zero attached hydrogens (tertiary/aromatic N) is 2. The highest BCUT2D eigenvalue weighted by Gasteiger charge is 2.45. The van der Waals surface area contributed by atoms with E-state index in [2.05, 4.69) is 15.9 Å². The Hall–Kier alpha value is -3.84. The lowest BCUT2D eigenvalue weighted by Crippen LogP contribution is -2.31. The molecule has 1 unspecified atom stereocenters. The van der Waals surface area contributed by atoms with Crippen LogP contribution in [0.4, 0.5) is 11.4 Å². The Balaban J connectivity index is 1.66. The van der Waals surface area contributed by atoms with Gasteiger partial charge in [-0.2, -0.15) is 0 Å². The van der Waals surface area contributed by atoms with Crippen molar-refractivity contribution in [2.75, 3.05) is 23.9 Å². The predicted molar refractivity (Wildman–Crippen MR) is 140 cm³/mol. The van der Waals surface area contributed by atoms with Crippen LogP contribution in [-0.4, -0.2) is 30.9 Å². The normalized spacial score (nSPS) is 15.8. The predicted octanol–water partition coefficient (Wildman–Crippen LogP) is 6.35. The van der Waals surface area contributed by atoms with Crippen LogP contribution in [0.2, 0.25) is 0 Å². The molecule has 1 atom stereocenters. The van der Waals surface area contributed by atoms with Gasteiger partial charge in [-0.15, -0.1) is 0 Å². The molecule has 35 heavy (non-hydrogen) atoms. The molecule has 0 fully saturated rings. The molecule has 0 saturated heterocycles. The summed E-state index contributed by atoms with van der Waals surface area (Å²) in [6.45, 7) is 1.89. The fourth-order valence-electron chi connectivity index (χ4n) is 4.45. The van der Waals surface area contributed by atoms with Crippen molar-refractivity contribution in [3.05, 3.63) is 105 Å². The molecule has 0 radical (unpaired) electrons. The van der Waals surface area contributed by atoms with Crippen molar-refractivity contribution in [3.8, 4) is 0 Å². The largest absolute Gasteiger partial charge is 0.503 e. The van der Waals surface area contributed by atoms with Gasteiger partial charge in [0.25, 0.3) is 5.91 Å². The number of anilines is 2. The Kier molecular flexibility index (Phi) is 5.73. The van der Waals surface area contributed by atoms with E-state index in [1.807, 2.05) is 86.6 Å². The van der Waals surface area contributed by atoms with Crippen LogP contribution in [0.15, 0.2) is 93.0 Å². The molecular weight excluding hydrogens is 508 g/mol. The van der Waals surface area contributed by atoms with Crippen LogP contribution in [0.5, 0.6) is 0 Å². The Labute approximate surface area is 211 Å². The summed E-state index contributed by atoms with van der Waals surface area (Å²) in [4.78, 5) is 30.6. The van der Waals surface area contributed by atoms with Crippen molar-refractivity contribution in [2.45, 2.75) is 13.0 Å². The van der Waals surface area contributed by atoms with Gasteiger partial charge < -0.3 is 14.4 Å². The average Bonchev–Trinajstić information content (AvgIpc) is 3.37. The lowest BCUT2D eigenvalue weighted by atomic mass is 9.94. The monoisotopic (exact) mass is 530 g/mol. The number of carbonyl (C=O) groups excluding carboxylic acids is 2. The van der Waals surface area contributed by atoms with Gasteiger partial charge in [0.05, 0.1) is 11.6 Å². The third-order valence-corrected chi connectivity index (χ3v) is 6.75. The number of aliphatic hydroxyl groups is 1. The summed E-state index contributed by atoms with van der Waals surface area (Å²) in [6, 6.07) is 21.3. The first-order valence-corrected chi connectivity index (χ1v) is 11.9. The number of rotatable bonds is 5. The van der Waals surface area contributed by atoms with E-state index in [4.69, 9.17) is 4.42 Å². The molecule has 7 heteroatoms. The number of aryl methyl sites for hydroxylation is 1. The first-order chi connectivity index (χ1) is 16.8. The van der Waals surface area contributed by atoms with Gasteiger partial charge in [0.15, 0.2) is 11.5 Å². The quantitative estimate of drug-likeness (QED) is 0.304. The second kappa shape index (κ2) is 8.74. The number of carbonyl (C=O) groups is 2. The van der Waals surface area contributed by atoms with Crippen molar-refractivity contribution >= 4 is 50.0 Å². The highest BCUT2D eigenvalue weighted by Crippen LogP contribution is 2.43. The fourth-order valence-corrected chi connectivity index (χ4v) is 4.83. The third-order valence-electron chi connectivity index (χ3n) is 6.26. The van der Waals surface area contributed by atoms with Gasteiger partial charge in [0.2, 0.25) is 5.78 Å². The van der Waals surface area contributed by atoms with Crippen molar-refractivity contribution in [1.82, 2.24) is 0 Å². The van der Waals surface area contributed by atoms with Crippen LogP contribution in [-0.2, 0) is 4.79 Å². The maximum absolute atomic E-state index is 13.8. The van der Waals surface area contributed by atoms with Gasteiger partial charge in [-0.05, 0) is 60.5 Å². The van der Waals surface area contributed by atoms with Crippen LogP contribution in [0.3, 0.4) is 0 Å². The van der Waals surface area contributed by atoms with Gasteiger partial charge in [0, 0.05) is 35.3 Å². The summed E-state index contributed by atoms with van der Waals surface area (Å²) >= 11 is 3.43. The SMILES string of the molecule is Cc1ccccc1N1C(=O)C(O)=C(C(=O)c2cc3cc(Br)ccc3o2)C1c1ccc(N(C)C)cc1. The Bertz CT molecular complexity index is 1500. The van der Waals surface area contributed by atoms with Crippen LogP contribution >= 0.6 is 15.9 Å². The second-order valence-electron chi connectivity index (χ2n) is 8.73. The number of amides is 1. The van der Waals surface area contributed by atoms with Crippen LogP contribution in [0.1, 0.15) is 27.7 Å². The van der Waals surface area contributed by atoms with Gasteiger partial charge in [-0.1, -0.05) is 46.3 Å². The summed E-state index contributed by atoms with van der Waals surface area (Å²) < 4.78 is 6.68. The average molecular weight is 531 g/mol. The maximum atomic E-state index is 13.8. The molecule has 1 aliphatic rings. The minimum Gasteiger partial charge on any atom is -0.503 e. The summed E-state index contributed by atoms with van der Waals surface area (Å²) in [5.74, 6) is -1.65. The molecule has 176 valence electrons. The number of fused-ring (bicyclic) bond motifs is 1. The van der Waals surface area contributed by atoms with Crippen LogP contribution in [0.25, 0.3) is 11.0 Å². The van der Waals surface area contributed by atoms with Gasteiger partial charge >= 0.3 is 0 Å². The molecule has 1 aromatic heterocycles. The van der Waals surface area contributed by atoms with E-state index in [9.17, 15) is 14.7 Å². The number of Topliss-reactive ketones (excluding diaryl/α,β-unsaturated/α-hetero) is 1. The highest BCUT2D eigenvalue weighted by molar-refractivity contribution is 9.10. The third kappa shape index (κ3) is 3.91. The number of aliphatic hydroxyl groups excluding tert-OH is 1. The zero-order valence-corrected chi connectivity index (χ0v) is 21.0. The molecule has 4 aromatic rings. The van der Waals surface area contributed by atoms with Crippen molar-refractivity contribution in [2.24, 2.45) is 0 Å². The van der Waals surface area contributed by atoms with Crippen molar-refractivity contribution in [1.29, 1.82) is 0 Å². The molecule has 3 aromatic carbocycles. The molecule has 5 rings (SSSR count). The molecule has 2 heterocycles. The first-order valence-electron chi connectivity index (χ1n) is 11.1. The standard InChI is InChI=1S/C28H23BrN2O4/c1-16-6-4-5-7-21(16)31-25(17-8-11-20(12-9-17)30(2)3)24(27(33)28(31)34)26(32)23-15-18-14-19(29)10-13-22(18)35-23/h4-15,25,33H,1-3H3. The molecule has 1 aliphatic heterocycles. The van der Waals surface area contributed by atoms with E-state index in [1.165, 1.54) is 4.90 Å². The van der Waals surface area contributed by atoms with E-state index in [1.54, 1.807) is 12.1 Å². The zero-order valence-electron chi connectivity index (χ0n) is 19.4. The minimum atomic E-state index is -0.813. The number of hydrogen-bond donors (Lipinski definition) is 1. The van der Waals surface area contributed by atoms with E-state index in [-0.39, 0.29) is 11.3 Å². The number of para-hydroxylation sites is 1. The van der Waals surface area contributed by atoms with Crippen LogP contribution < -0.4 is 9.80 Å². The smallest absolute Gasteiger partial charge is 0.294 e. The highest BCUT2D eigenvalue weighted by atomic mass is 79.9. The molecule has 0 spiro atoms. The van der Waals surface area contributed by atoms with E-state index < -0.39 is 23.5 Å². The molecule has 0 aliphatic carbocycles. The number of benzene rings is 3. The van der Waals surface area contributed by atoms with Crippen molar-refractivity contribution < 1.29 is 19.1 Å². The van der Waals surface area contributed by atoms with E-state index >= 15 is 0 Å². The number of halogens is 1. The Morgan fingerprint density at radius 2 is 1.74 bits per heavy atom. The topological polar surface area (TPSA) is 74.0 Å². The fraction of sp³-hybridized carbons (Fsp3) is 0.143. The summed E-state index contributed by atoms with van der Waals surface area (Å²) in [6.07, 6.45) is 0. The van der Waals surface area contributed by atoms with Crippen molar-refractivity contribution in [3.63, 3.8) is 0 Å². The number of hydrogen-bond acceptors (Lipinski definition) is 5. The second-order valence-corrected chi connectivity index (χ2v) is 9.65. The molecule has 1 N–H and O–H groups in total. The summed E-state index contributed by atoms with van der Waals surface area (Å²) in [5, 5.41) is 11.8. The number of ketones is 1. The lowest BCUT2D eigenvalue weighted by Gasteiger charge is -2.28.